The largest absolute Gasteiger partial charge is 0.199 e. The van der Waals surface area contributed by atoms with Crippen LogP contribution in [-0.4, -0.2) is 27.0 Å². The summed E-state index contributed by atoms with van der Waals surface area (Å²) in [5.74, 6) is 1.69. The molecule has 1 radical (unpaired) electrons. The second-order valence-corrected chi connectivity index (χ2v) is 10.8. The average molecular weight is 471 g/mol. The van der Waals surface area contributed by atoms with E-state index in [9.17, 15) is 0 Å². The first kappa shape index (κ1) is 31.6. The minimum absolute atomic E-state index is 0. The molecule has 0 spiro atoms. The number of hydrogen-bond acceptors (Lipinski definition) is 0. The summed E-state index contributed by atoms with van der Waals surface area (Å²) in [7, 11) is 0. The molecule has 0 aliphatic carbocycles. The van der Waals surface area contributed by atoms with E-state index in [4.69, 9.17) is 23.2 Å². The van der Waals surface area contributed by atoms with Gasteiger partial charge in [-0.3, -0.25) is 0 Å². The van der Waals surface area contributed by atoms with Crippen molar-refractivity contribution in [1.82, 2.24) is 0 Å². The maximum Gasteiger partial charge on any atom is 0.199 e. The van der Waals surface area contributed by atoms with Gasteiger partial charge in [-0.05, 0) is 12.8 Å². The van der Waals surface area contributed by atoms with E-state index in [1.807, 2.05) is 0 Å². The molecule has 0 aromatic carbocycles. The van der Waals surface area contributed by atoms with Crippen molar-refractivity contribution < 1.29 is 0 Å². The minimum atomic E-state index is 0. The minimum Gasteiger partial charge on any atom is -0.147 e. The molecule has 0 aliphatic heterocycles. The van der Waals surface area contributed by atoms with Crippen molar-refractivity contribution in [3.8, 4) is 0 Å². The Balaban J connectivity index is 0. The molecule has 0 rings (SSSR count). The van der Waals surface area contributed by atoms with E-state index < -0.39 is 0 Å². The van der Waals surface area contributed by atoms with Gasteiger partial charge in [-0.15, -0.1) is 46.2 Å². The number of alkyl halides is 2. The van der Waals surface area contributed by atoms with Crippen LogP contribution in [-0.2, 0) is 0 Å². The van der Waals surface area contributed by atoms with E-state index in [1.165, 1.54) is 128 Å². The Hall–Kier alpha value is 1.40. The summed E-state index contributed by atoms with van der Waals surface area (Å²) >= 11 is 12.2. The lowest BCUT2D eigenvalue weighted by Crippen LogP contribution is -1.90. The molecular weight excluding hydrogens is 422 g/mol. The van der Waals surface area contributed by atoms with Crippen LogP contribution >= 0.6 is 35.6 Å². The van der Waals surface area contributed by atoms with Crippen molar-refractivity contribution >= 4 is 50.8 Å². The first-order valence-electron chi connectivity index (χ1n) is 12.4. The highest BCUT2D eigenvalue weighted by Gasteiger charge is 1.97. The first-order valence-corrected chi connectivity index (χ1v) is 15.1. The lowest BCUT2D eigenvalue weighted by Gasteiger charge is -2.03. The van der Waals surface area contributed by atoms with E-state index >= 15 is 0 Å². The molecule has 0 fully saturated rings. The zero-order valence-electron chi connectivity index (χ0n) is 18.7. The van der Waals surface area contributed by atoms with Crippen molar-refractivity contribution in [2.24, 2.45) is 0 Å². The standard InChI is InChI=1S/2C12H24Cl.Al.ClH/c2*1-2-3-4-5-6-7-8-9-10-11-12-13;;/h2*1-12H2;;1H. The third-order valence-corrected chi connectivity index (χ3v) is 7.75. The fraction of sp³-hybridized carbons (Fsp3) is 1.00. The highest BCUT2D eigenvalue weighted by atomic mass is 35.5. The maximum absolute atomic E-state index is 5.70. The molecule has 169 valence electrons. The third-order valence-electron chi connectivity index (χ3n) is 5.58. The molecule has 28 heavy (non-hydrogen) atoms. The number of rotatable bonds is 24. The van der Waals surface area contributed by atoms with Gasteiger partial charge in [-0.2, -0.15) is 0 Å². The molecule has 0 atom stereocenters. The van der Waals surface area contributed by atoms with Gasteiger partial charge in [-0.1, -0.05) is 116 Å². The van der Waals surface area contributed by atoms with Gasteiger partial charge >= 0.3 is 0 Å². The van der Waals surface area contributed by atoms with Crippen LogP contribution in [0.25, 0.3) is 0 Å². The van der Waals surface area contributed by atoms with Gasteiger partial charge in [-0.25, -0.2) is 0 Å². The molecule has 0 amide bonds. The van der Waals surface area contributed by atoms with Crippen LogP contribution < -0.4 is 0 Å². The highest BCUT2D eigenvalue weighted by Crippen LogP contribution is 2.14. The molecular formula is C24H49AlCl3. The molecule has 0 unspecified atom stereocenters. The van der Waals surface area contributed by atoms with E-state index in [1.54, 1.807) is 10.6 Å². The van der Waals surface area contributed by atoms with Crippen LogP contribution in [0.1, 0.15) is 128 Å². The molecule has 0 heterocycles. The molecule has 0 nitrogen and oxygen atoms in total. The van der Waals surface area contributed by atoms with Crippen molar-refractivity contribution in [2.45, 2.75) is 139 Å². The van der Waals surface area contributed by atoms with E-state index in [2.05, 4.69) is 0 Å². The summed E-state index contributed by atoms with van der Waals surface area (Å²) in [6.07, 6.45) is 28.4. The molecule has 0 saturated heterocycles. The molecule has 0 N–H and O–H groups in total. The lowest BCUT2D eigenvalue weighted by molar-refractivity contribution is 0.560. The van der Waals surface area contributed by atoms with Crippen molar-refractivity contribution in [3.05, 3.63) is 0 Å². The van der Waals surface area contributed by atoms with Gasteiger partial charge in [0.2, 0.25) is 0 Å². The maximum atomic E-state index is 5.70. The van der Waals surface area contributed by atoms with Crippen LogP contribution in [0, 0.1) is 0 Å². The Morgan fingerprint density at radius 2 is 0.536 bits per heavy atom. The molecule has 0 aromatic heterocycles. The SMILES string of the molecule is Cl.ClCCCCCCCCCCC[CH2][Al][CH2]CCCCCCCCCCCCl. The smallest absolute Gasteiger partial charge is 0.147 e. The predicted molar refractivity (Wildman–Crippen MR) is 136 cm³/mol. The first-order chi connectivity index (χ1) is 13.4. The highest BCUT2D eigenvalue weighted by molar-refractivity contribution is 6.35. The molecule has 0 aromatic rings. The third kappa shape index (κ3) is 29.6. The Labute approximate surface area is 200 Å². The zero-order chi connectivity index (χ0) is 19.7. The Morgan fingerprint density at radius 1 is 0.321 bits per heavy atom. The lowest BCUT2D eigenvalue weighted by atomic mass is 10.1. The van der Waals surface area contributed by atoms with Gasteiger partial charge in [0, 0.05) is 11.8 Å². The van der Waals surface area contributed by atoms with Gasteiger partial charge in [0.05, 0.1) is 0 Å². The number of halogens is 3. The van der Waals surface area contributed by atoms with Gasteiger partial charge in [0.1, 0.15) is 0 Å². The van der Waals surface area contributed by atoms with Crippen LogP contribution in [0.15, 0.2) is 0 Å². The van der Waals surface area contributed by atoms with Crippen LogP contribution in [0.4, 0.5) is 0 Å². The summed E-state index contributed by atoms with van der Waals surface area (Å²) < 4.78 is 0. The van der Waals surface area contributed by atoms with Crippen molar-refractivity contribution in [2.75, 3.05) is 11.8 Å². The monoisotopic (exact) mass is 469 g/mol. The summed E-state index contributed by atoms with van der Waals surface area (Å²) in [6, 6.07) is 0. The van der Waals surface area contributed by atoms with Gasteiger partial charge < -0.3 is 0 Å². The van der Waals surface area contributed by atoms with Gasteiger partial charge in [0.25, 0.3) is 0 Å². The number of hydrogen-bond donors (Lipinski definition) is 0. The van der Waals surface area contributed by atoms with Crippen LogP contribution in [0.2, 0.25) is 10.6 Å². The Morgan fingerprint density at radius 3 is 0.786 bits per heavy atom. The molecule has 0 aliphatic rings. The van der Waals surface area contributed by atoms with Crippen LogP contribution in [0.3, 0.4) is 0 Å². The number of unbranched alkanes of at least 4 members (excludes halogenated alkanes) is 18. The second kappa shape index (κ2) is 30.6. The zero-order valence-corrected chi connectivity index (χ0v) is 22.2. The molecule has 4 heteroatoms. The van der Waals surface area contributed by atoms with Crippen molar-refractivity contribution in [3.63, 3.8) is 0 Å². The Bertz CT molecular complexity index is 228. The quantitative estimate of drug-likeness (QED) is 0.0747. The molecule has 0 bridgehead atoms. The second-order valence-electron chi connectivity index (χ2n) is 8.32. The van der Waals surface area contributed by atoms with E-state index in [0.29, 0.717) is 0 Å². The van der Waals surface area contributed by atoms with Crippen LogP contribution in [0.5, 0.6) is 0 Å². The fourth-order valence-electron chi connectivity index (χ4n) is 3.74. The summed E-state index contributed by atoms with van der Waals surface area (Å²) in [5.41, 5.74) is 0. The average Bonchev–Trinajstić information content (AvgIpc) is 2.68. The summed E-state index contributed by atoms with van der Waals surface area (Å²) in [4.78, 5) is 0. The van der Waals surface area contributed by atoms with E-state index in [-0.39, 0.29) is 12.4 Å². The van der Waals surface area contributed by atoms with Gasteiger partial charge in [0.15, 0.2) is 15.2 Å². The molecule has 0 saturated carbocycles. The van der Waals surface area contributed by atoms with E-state index in [0.717, 1.165) is 27.0 Å². The summed E-state index contributed by atoms with van der Waals surface area (Å²) in [5, 5.41) is 3.11. The predicted octanol–water partition coefficient (Wildman–Crippen LogP) is 10.2. The summed E-state index contributed by atoms with van der Waals surface area (Å²) in [6.45, 7) is 0. The normalized spacial score (nSPS) is 10.8. The topological polar surface area (TPSA) is 0 Å². The fourth-order valence-corrected chi connectivity index (χ4v) is 5.56. The van der Waals surface area contributed by atoms with Crippen molar-refractivity contribution in [1.29, 1.82) is 0 Å². The Kier molecular flexibility index (Phi) is 34.5.